The van der Waals surface area contributed by atoms with Gasteiger partial charge in [-0.1, -0.05) is 88.7 Å². The summed E-state index contributed by atoms with van der Waals surface area (Å²) in [6.45, 7) is 0. The Balaban J connectivity index is 1.59. The Morgan fingerprint density at radius 3 is 1.86 bits per heavy atom. The van der Waals surface area contributed by atoms with Crippen LogP contribution in [-0.2, 0) is 0 Å². The van der Waals surface area contributed by atoms with E-state index in [4.69, 9.17) is 9.40 Å². The van der Waals surface area contributed by atoms with Gasteiger partial charge in [0.25, 0.3) is 0 Å². The Labute approximate surface area is 171 Å². The fourth-order valence-electron chi connectivity index (χ4n) is 3.39. The molecule has 0 N–H and O–H groups in total. The second-order valence-electron chi connectivity index (χ2n) is 6.63. The SMILES string of the molecule is Brc1cc(-c2ccccc2)c2nc(-c3ccc(-c4ccccc4)cc3)oc2c1. The first-order valence-electron chi connectivity index (χ1n) is 9.09. The van der Waals surface area contributed by atoms with Gasteiger partial charge in [-0.15, -0.1) is 0 Å². The molecule has 0 spiro atoms. The van der Waals surface area contributed by atoms with Crippen LogP contribution in [-0.4, -0.2) is 4.98 Å². The standard InChI is InChI=1S/C25H16BrNO/c26-21-15-22(19-9-5-2-6-10-19)24-23(16-21)28-25(27-24)20-13-11-18(12-14-20)17-7-3-1-4-8-17/h1-16H. The molecule has 0 atom stereocenters. The number of hydrogen-bond acceptors (Lipinski definition) is 2. The molecule has 0 aliphatic rings. The molecule has 5 aromatic rings. The van der Waals surface area contributed by atoms with Gasteiger partial charge in [-0.3, -0.25) is 0 Å². The molecule has 5 rings (SSSR count). The highest BCUT2D eigenvalue weighted by molar-refractivity contribution is 9.10. The monoisotopic (exact) mass is 425 g/mol. The maximum atomic E-state index is 6.10. The van der Waals surface area contributed by atoms with Gasteiger partial charge >= 0.3 is 0 Å². The minimum Gasteiger partial charge on any atom is -0.436 e. The van der Waals surface area contributed by atoms with Crippen LogP contribution in [0.25, 0.3) is 44.8 Å². The van der Waals surface area contributed by atoms with Crippen molar-refractivity contribution in [3.8, 4) is 33.7 Å². The molecule has 3 heteroatoms. The van der Waals surface area contributed by atoms with E-state index in [1.807, 2.05) is 42.5 Å². The minimum absolute atomic E-state index is 0.630. The van der Waals surface area contributed by atoms with Crippen molar-refractivity contribution >= 4 is 27.0 Å². The van der Waals surface area contributed by atoms with E-state index in [-0.39, 0.29) is 0 Å². The van der Waals surface area contributed by atoms with Gasteiger partial charge in [0.05, 0.1) is 0 Å². The lowest BCUT2D eigenvalue weighted by Gasteiger charge is -2.02. The maximum Gasteiger partial charge on any atom is 0.227 e. The summed E-state index contributed by atoms with van der Waals surface area (Å²) in [5.41, 5.74) is 7.15. The minimum atomic E-state index is 0.630. The first-order chi connectivity index (χ1) is 13.8. The molecule has 0 unspecified atom stereocenters. The second kappa shape index (κ2) is 7.10. The lowest BCUT2D eigenvalue weighted by molar-refractivity contribution is 0.619. The Hall–Kier alpha value is -3.17. The van der Waals surface area contributed by atoms with E-state index in [1.54, 1.807) is 0 Å². The van der Waals surface area contributed by atoms with Gasteiger partial charge < -0.3 is 4.42 Å². The lowest BCUT2D eigenvalue weighted by Crippen LogP contribution is -1.82. The Morgan fingerprint density at radius 1 is 0.607 bits per heavy atom. The Morgan fingerprint density at radius 2 is 1.18 bits per heavy atom. The van der Waals surface area contributed by atoms with Crippen molar-refractivity contribution in [1.29, 1.82) is 0 Å². The van der Waals surface area contributed by atoms with Gasteiger partial charge in [0.15, 0.2) is 5.58 Å². The molecule has 28 heavy (non-hydrogen) atoms. The summed E-state index contributed by atoms with van der Waals surface area (Å²) >= 11 is 3.59. The average molecular weight is 426 g/mol. The van der Waals surface area contributed by atoms with Crippen LogP contribution in [0.1, 0.15) is 0 Å². The predicted molar refractivity (Wildman–Crippen MR) is 118 cm³/mol. The van der Waals surface area contributed by atoms with E-state index in [0.717, 1.165) is 32.3 Å². The first kappa shape index (κ1) is 17.0. The second-order valence-corrected chi connectivity index (χ2v) is 7.54. The maximum absolute atomic E-state index is 6.10. The number of fused-ring (bicyclic) bond motifs is 1. The number of hydrogen-bond donors (Lipinski definition) is 0. The van der Waals surface area contributed by atoms with Crippen molar-refractivity contribution in [2.45, 2.75) is 0 Å². The van der Waals surface area contributed by atoms with Crippen LogP contribution in [0, 0.1) is 0 Å². The van der Waals surface area contributed by atoms with Gasteiger partial charge in [0.2, 0.25) is 5.89 Å². The number of rotatable bonds is 3. The predicted octanol–water partition coefficient (Wildman–Crippen LogP) is 7.59. The molecule has 0 saturated carbocycles. The molecule has 4 aromatic carbocycles. The Bertz CT molecular complexity index is 1240. The number of nitrogens with zero attached hydrogens (tertiary/aromatic N) is 1. The number of oxazole rings is 1. The highest BCUT2D eigenvalue weighted by Gasteiger charge is 2.14. The third-order valence-corrected chi connectivity index (χ3v) is 5.24. The molecule has 1 aromatic heterocycles. The number of halogens is 1. The first-order valence-corrected chi connectivity index (χ1v) is 9.88. The summed E-state index contributed by atoms with van der Waals surface area (Å²) in [5.74, 6) is 0.630. The van der Waals surface area contributed by atoms with Gasteiger partial charge in [-0.2, -0.15) is 0 Å². The van der Waals surface area contributed by atoms with Crippen LogP contribution in [0.15, 0.2) is 106 Å². The highest BCUT2D eigenvalue weighted by atomic mass is 79.9. The zero-order valence-electron chi connectivity index (χ0n) is 15.0. The molecule has 0 fully saturated rings. The van der Waals surface area contributed by atoms with Gasteiger partial charge in [-0.25, -0.2) is 4.98 Å². The molecule has 134 valence electrons. The fraction of sp³-hybridized carbons (Fsp3) is 0. The highest BCUT2D eigenvalue weighted by Crippen LogP contribution is 2.35. The summed E-state index contributed by atoms with van der Waals surface area (Å²) in [6.07, 6.45) is 0. The summed E-state index contributed by atoms with van der Waals surface area (Å²) in [5, 5.41) is 0. The van der Waals surface area contributed by atoms with Gasteiger partial charge in [0, 0.05) is 15.6 Å². The third-order valence-electron chi connectivity index (χ3n) is 4.78. The lowest BCUT2D eigenvalue weighted by atomic mass is 10.0. The molecular weight excluding hydrogens is 410 g/mol. The van der Waals surface area contributed by atoms with Crippen LogP contribution >= 0.6 is 15.9 Å². The van der Waals surface area contributed by atoms with Crippen molar-refractivity contribution in [2.75, 3.05) is 0 Å². The van der Waals surface area contributed by atoms with Crippen molar-refractivity contribution in [1.82, 2.24) is 4.98 Å². The summed E-state index contributed by atoms with van der Waals surface area (Å²) in [6, 6.07) is 33.0. The van der Waals surface area contributed by atoms with E-state index in [9.17, 15) is 0 Å². The van der Waals surface area contributed by atoms with Gasteiger partial charge in [-0.05, 0) is 41.0 Å². The molecule has 1 heterocycles. The van der Waals surface area contributed by atoms with Crippen LogP contribution in [0.4, 0.5) is 0 Å². The van der Waals surface area contributed by atoms with Crippen LogP contribution in [0.2, 0.25) is 0 Å². The topological polar surface area (TPSA) is 26.0 Å². The zero-order valence-corrected chi connectivity index (χ0v) is 16.6. The van der Waals surface area contributed by atoms with E-state index in [2.05, 4.69) is 70.5 Å². The summed E-state index contributed by atoms with van der Waals surface area (Å²) in [7, 11) is 0. The van der Waals surface area contributed by atoms with Crippen LogP contribution in [0.3, 0.4) is 0 Å². The van der Waals surface area contributed by atoms with E-state index >= 15 is 0 Å². The number of aromatic nitrogens is 1. The van der Waals surface area contributed by atoms with Crippen molar-refractivity contribution < 1.29 is 4.42 Å². The molecule has 0 radical (unpaired) electrons. The fourth-order valence-corrected chi connectivity index (χ4v) is 3.83. The smallest absolute Gasteiger partial charge is 0.227 e. The normalized spacial score (nSPS) is 11.0. The van der Waals surface area contributed by atoms with Crippen LogP contribution < -0.4 is 0 Å². The molecule has 0 saturated heterocycles. The van der Waals surface area contributed by atoms with E-state index in [1.165, 1.54) is 11.1 Å². The van der Waals surface area contributed by atoms with E-state index < -0.39 is 0 Å². The van der Waals surface area contributed by atoms with Crippen molar-refractivity contribution in [3.63, 3.8) is 0 Å². The number of benzene rings is 4. The molecule has 0 aliphatic heterocycles. The van der Waals surface area contributed by atoms with E-state index in [0.29, 0.717) is 5.89 Å². The largest absolute Gasteiger partial charge is 0.436 e. The average Bonchev–Trinajstić information content (AvgIpc) is 3.18. The molecule has 0 aliphatic carbocycles. The molecule has 2 nitrogen and oxygen atoms in total. The molecular formula is C25H16BrNO. The van der Waals surface area contributed by atoms with Crippen LogP contribution in [0.5, 0.6) is 0 Å². The quantitative estimate of drug-likeness (QED) is 0.297. The molecule has 0 amide bonds. The van der Waals surface area contributed by atoms with Crippen molar-refractivity contribution in [3.05, 3.63) is 102 Å². The zero-order chi connectivity index (χ0) is 18.9. The Kier molecular flexibility index (Phi) is 4.30. The molecule has 0 bridgehead atoms. The summed E-state index contributed by atoms with van der Waals surface area (Å²) < 4.78 is 7.07. The third kappa shape index (κ3) is 3.14. The van der Waals surface area contributed by atoms with Crippen molar-refractivity contribution in [2.24, 2.45) is 0 Å². The van der Waals surface area contributed by atoms with Gasteiger partial charge in [0.1, 0.15) is 5.52 Å². The summed E-state index contributed by atoms with van der Waals surface area (Å²) in [4.78, 5) is 4.82.